The van der Waals surface area contributed by atoms with Gasteiger partial charge in [-0.25, -0.2) is 4.39 Å². The second-order valence-corrected chi connectivity index (χ2v) is 5.44. The summed E-state index contributed by atoms with van der Waals surface area (Å²) in [4.78, 5) is 0. The van der Waals surface area contributed by atoms with Crippen LogP contribution in [0.15, 0.2) is 48.5 Å². The molecule has 2 atom stereocenters. The minimum atomic E-state index is -0.603. The summed E-state index contributed by atoms with van der Waals surface area (Å²) in [6.45, 7) is 2.72. The number of halogens is 1. The summed E-state index contributed by atoms with van der Waals surface area (Å²) in [7, 11) is 1.65. The summed E-state index contributed by atoms with van der Waals surface area (Å²) in [6.07, 6.45) is -0.0382. The average molecular weight is 303 g/mol. The summed E-state index contributed by atoms with van der Waals surface area (Å²) in [5.41, 5.74) is 1.86. The molecule has 22 heavy (non-hydrogen) atoms. The monoisotopic (exact) mass is 303 g/mol. The number of aliphatic hydroxyl groups is 1. The molecule has 3 nitrogen and oxygen atoms in total. The Hall–Kier alpha value is -1.91. The number of methoxy groups -OCH3 is 1. The van der Waals surface area contributed by atoms with Gasteiger partial charge in [0.1, 0.15) is 11.6 Å². The van der Waals surface area contributed by atoms with E-state index in [1.807, 2.05) is 31.2 Å². The number of rotatable bonds is 7. The molecule has 2 aromatic carbocycles. The van der Waals surface area contributed by atoms with Crippen molar-refractivity contribution in [3.8, 4) is 5.75 Å². The van der Waals surface area contributed by atoms with Crippen LogP contribution in [0.2, 0.25) is 0 Å². The Bertz CT molecular complexity index is 586. The van der Waals surface area contributed by atoms with Gasteiger partial charge in [-0.1, -0.05) is 24.3 Å². The van der Waals surface area contributed by atoms with E-state index in [4.69, 9.17) is 4.74 Å². The molecule has 2 unspecified atom stereocenters. The summed E-state index contributed by atoms with van der Waals surface area (Å²) in [5, 5.41) is 13.6. The largest absolute Gasteiger partial charge is 0.497 e. The number of ether oxygens (including phenoxy) is 1. The third kappa shape index (κ3) is 4.83. The molecular formula is C18H22FNO2. The van der Waals surface area contributed by atoms with Crippen molar-refractivity contribution >= 4 is 0 Å². The van der Waals surface area contributed by atoms with E-state index in [0.717, 1.165) is 16.9 Å². The second-order valence-electron chi connectivity index (χ2n) is 5.44. The Labute approximate surface area is 130 Å². The molecule has 0 spiro atoms. The van der Waals surface area contributed by atoms with E-state index in [0.29, 0.717) is 13.0 Å². The molecular weight excluding hydrogens is 281 g/mol. The van der Waals surface area contributed by atoms with E-state index in [-0.39, 0.29) is 11.9 Å². The summed E-state index contributed by atoms with van der Waals surface area (Å²) in [5.74, 6) is 0.540. The van der Waals surface area contributed by atoms with Crippen molar-refractivity contribution in [2.75, 3.05) is 7.11 Å². The molecule has 2 N–H and O–H groups in total. The van der Waals surface area contributed by atoms with Crippen molar-refractivity contribution in [3.63, 3.8) is 0 Å². The zero-order valence-electron chi connectivity index (χ0n) is 12.9. The molecule has 2 aromatic rings. The van der Waals surface area contributed by atoms with Crippen molar-refractivity contribution in [3.05, 3.63) is 65.5 Å². The third-order valence-electron chi connectivity index (χ3n) is 3.62. The van der Waals surface area contributed by atoms with Gasteiger partial charge in [-0.3, -0.25) is 0 Å². The maximum absolute atomic E-state index is 12.9. The fourth-order valence-electron chi connectivity index (χ4n) is 2.31. The van der Waals surface area contributed by atoms with Crippen LogP contribution in [0.5, 0.6) is 5.75 Å². The Morgan fingerprint density at radius 2 is 1.91 bits per heavy atom. The molecule has 0 saturated heterocycles. The highest BCUT2D eigenvalue weighted by molar-refractivity contribution is 5.28. The molecule has 0 amide bonds. The number of hydrogen-bond acceptors (Lipinski definition) is 3. The van der Waals surface area contributed by atoms with Gasteiger partial charge in [0.25, 0.3) is 0 Å². The molecule has 0 radical (unpaired) electrons. The summed E-state index contributed by atoms with van der Waals surface area (Å²) in [6, 6.07) is 14.0. The predicted octanol–water partition coefficient (Wildman–Crippen LogP) is 3.44. The number of hydrogen-bond donors (Lipinski definition) is 2. The molecule has 118 valence electrons. The topological polar surface area (TPSA) is 41.5 Å². The lowest BCUT2D eigenvalue weighted by molar-refractivity contribution is 0.153. The van der Waals surface area contributed by atoms with Crippen LogP contribution < -0.4 is 10.1 Å². The second kappa shape index (κ2) is 7.92. The van der Waals surface area contributed by atoms with Crippen LogP contribution in [0.1, 0.15) is 30.6 Å². The van der Waals surface area contributed by atoms with Gasteiger partial charge in [-0.15, -0.1) is 0 Å². The van der Waals surface area contributed by atoms with Crippen LogP contribution in [0.25, 0.3) is 0 Å². The first-order valence-corrected chi connectivity index (χ1v) is 7.38. The number of benzene rings is 2. The van der Waals surface area contributed by atoms with E-state index in [9.17, 15) is 9.50 Å². The van der Waals surface area contributed by atoms with Crippen LogP contribution >= 0.6 is 0 Å². The van der Waals surface area contributed by atoms with Crippen LogP contribution in [0.4, 0.5) is 4.39 Å². The molecule has 0 heterocycles. The highest BCUT2D eigenvalue weighted by Gasteiger charge is 2.12. The van der Waals surface area contributed by atoms with Crippen LogP contribution in [-0.4, -0.2) is 18.3 Å². The van der Waals surface area contributed by atoms with Gasteiger partial charge < -0.3 is 15.2 Å². The van der Waals surface area contributed by atoms with Crippen LogP contribution in [0, 0.1) is 5.82 Å². The maximum atomic E-state index is 12.9. The Morgan fingerprint density at radius 1 is 1.18 bits per heavy atom. The lowest BCUT2D eigenvalue weighted by atomic mass is 10.0. The maximum Gasteiger partial charge on any atom is 0.123 e. The molecule has 0 aliphatic rings. The first-order valence-electron chi connectivity index (χ1n) is 7.38. The Kier molecular flexibility index (Phi) is 5.92. The smallest absolute Gasteiger partial charge is 0.123 e. The van der Waals surface area contributed by atoms with E-state index >= 15 is 0 Å². The molecule has 0 fully saturated rings. The highest BCUT2D eigenvalue weighted by atomic mass is 19.1. The van der Waals surface area contributed by atoms with Gasteiger partial charge in [-0.2, -0.15) is 0 Å². The first-order chi connectivity index (χ1) is 10.6. The van der Waals surface area contributed by atoms with Gasteiger partial charge in [0.05, 0.1) is 13.2 Å². The van der Waals surface area contributed by atoms with Gasteiger partial charge in [0.15, 0.2) is 0 Å². The quantitative estimate of drug-likeness (QED) is 0.823. The SMILES string of the molecule is COc1cccc(CNC(C)CC(O)c2ccc(F)cc2)c1. The minimum Gasteiger partial charge on any atom is -0.497 e. The van der Waals surface area contributed by atoms with Gasteiger partial charge in [0.2, 0.25) is 0 Å². The molecule has 0 bridgehead atoms. The molecule has 2 rings (SSSR count). The minimum absolute atomic E-state index is 0.131. The Morgan fingerprint density at radius 3 is 2.59 bits per heavy atom. The number of aliphatic hydroxyl groups excluding tert-OH is 1. The lowest BCUT2D eigenvalue weighted by Gasteiger charge is -2.18. The highest BCUT2D eigenvalue weighted by Crippen LogP contribution is 2.19. The average Bonchev–Trinajstić information content (AvgIpc) is 2.53. The summed E-state index contributed by atoms with van der Waals surface area (Å²) < 4.78 is 18.1. The van der Waals surface area contributed by atoms with Crippen molar-refractivity contribution in [2.45, 2.75) is 32.0 Å². The normalized spacial score (nSPS) is 13.6. The predicted molar refractivity (Wildman–Crippen MR) is 85.3 cm³/mol. The van der Waals surface area contributed by atoms with E-state index in [2.05, 4.69) is 5.32 Å². The van der Waals surface area contributed by atoms with Gasteiger partial charge in [-0.05, 0) is 48.7 Å². The van der Waals surface area contributed by atoms with Crippen molar-refractivity contribution in [1.29, 1.82) is 0 Å². The van der Waals surface area contributed by atoms with E-state index in [1.165, 1.54) is 12.1 Å². The molecule has 0 aliphatic heterocycles. The lowest BCUT2D eigenvalue weighted by Crippen LogP contribution is -2.27. The first kappa shape index (κ1) is 16.5. The molecule has 0 aromatic heterocycles. The standard InChI is InChI=1S/C18H22FNO2/c1-13(10-18(21)15-6-8-16(19)9-7-15)20-12-14-4-3-5-17(11-14)22-2/h3-9,11,13,18,20-21H,10,12H2,1-2H3. The third-order valence-corrected chi connectivity index (χ3v) is 3.62. The van der Waals surface area contributed by atoms with Gasteiger partial charge >= 0.3 is 0 Å². The number of nitrogens with one attached hydrogen (secondary N) is 1. The fraction of sp³-hybridized carbons (Fsp3) is 0.333. The molecule has 4 heteroatoms. The van der Waals surface area contributed by atoms with Gasteiger partial charge in [0, 0.05) is 12.6 Å². The van der Waals surface area contributed by atoms with Crippen LogP contribution in [0.3, 0.4) is 0 Å². The zero-order valence-corrected chi connectivity index (χ0v) is 12.9. The molecule has 0 saturated carbocycles. The van der Waals surface area contributed by atoms with Crippen molar-refractivity contribution < 1.29 is 14.2 Å². The molecule has 0 aliphatic carbocycles. The van der Waals surface area contributed by atoms with E-state index < -0.39 is 6.10 Å². The zero-order chi connectivity index (χ0) is 15.9. The van der Waals surface area contributed by atoms with Crippen LogP contribution in [-0.2, 0) is 6.54 Å². The fourth-order valence-corrected chi connectivity index (χ4v) is 2.31. The summed E-state index contributed by atoms with van der Waals surface area (Å²) >= 11 is 0. The van der Waals surface area contributed by atoms with E-state index in [1.54, 1.807) is 19.2 Å². The van der Waals surface area contributed by atoms with Crippen molar-refractivity contribution in [1.82, 2.24) is 5.32 Å². The Balaban J connectivity index is 1.84. The van der Waals surface area contributed by atoms with Crippen molar-refractivity contribution in [2.24, 2.45) is 0 Å².